The third-order valence-electron chi connectivity index (χ3n) is 2.50. The molecule has 0 aromatic carbocycles. The van der Waals surface area contributed by atoms with Gasteiger partial charge in [0.15, 0.2) is 12.3 Å². The molecule has 0 saturated carbocycles. The van der Waals surface area contributed by atoms with Crippen LogP contribution in [0.2, 0.25) is 0 Å². The molecule has 0 spiro atoms. The van der Waals surface area contributed by atoms with Crippen LogP contribution in [0, 0.1) is 0 Å². The zero-order valence-electron chi connectivity index (χ0n) is 10.4. The van der Waals surface area contributed by atoms with Crippen molar-refractivity contribution in [2.45, 2.75) is 22.8 Å². The van der Waals surface area contributed by atoms with E-state index >= 15 is 0 Å². The van der Waals surface area contributed by atoms with Crippen molar-refractivity contribution in [2.24, 2.45) is 0 Å². The van der Waals surface area contributed by atoms with Crippen LogP contribution in [0.4, 0.5) is 14.0 Å². The van der Waals surface area contributed by atoms with E-state index in [0.717, 1.165) is 26.0 Å². The van der Waals surface area contributed by atoms with Gasteiger partial charge in [-0.05, 0) is 0 Å². The number of hydrogen-bond acceptors (Lipinski definition) is 8. The minimum atomic E-state index is -1.57. The van der Waals surface area contributed by atoms with Gasteiger partial charge in [0, 0.05) is 0 Å². The fourth-order valence-electron chi connectivity index (χ4n) is 1.58. The van der Waals surface area contributed by atoms with E-state index in [2.05, 4.69) is 9.47 Å². The van der Waals surface area contributed by atoms with Crippen LogP contribution in [0.3, 0.4) is 0 Å². The van der Waals surface area contributed by atoms with E-state index in [0.29, 0.717) is 0 Å². The van der Waals surface area contributed by atoms with Gasteiger partial charge in [0.2, 0.25) is 0 Å². The van der Waals surface area contributed by atoms with Gasteiger partial charge < -0.3 is 24.1 Å². The molecule has 0 aliphatic carbocycles. The van der Waals surface area contributed by atoms with Crippen LogP contribution in [0.15, 0.2) is 0 Å². The number of rotatable bonds is 4. The van der Waals surface area contributed by atoms with E-state index in [1.54, 1.807) is 0 Å². The maximum absolute atomic E-state index is 13.9. The molecule has 1 fully saturated rings. The third-order valence-corrected chi connectivity index (χ3v) is 4.01. The van der Waals surface area contributed by atoms with Crippen LogP contribution in [0.1, 0.15) is 0 Å². The molecule has 7 nitrogen and oxygen atoms in total. The lowest BCUT2D eigenvalue weighted by atomic mass is 10.1. The highest BCUT2D eigenvalue weighted by Gasteiger charge is 2.47. The molecule has 1 rings (SSSR count). The second-order valence-electron chi connectivity index (χ2n) is 3.64. The first-order valence-corrected chi connectivity index (χ1v) is 6.33. The van der Waals surface area contributed by atoms with E-state index in [9.17, 15) is 14.0 Å². The lowest BCUT2D eigenvalue weighted by Crippen LogP contribution is -2.37. The third kappa shape index (κ3) is 4.13. The molecular weight excluding hydrogens is 283 g/mol. The Hall–Kier alpha value is -1.22. The molecule has 1 aliphatic heterocycles. The number of thioether (sulfide) groups is 1. The van der Waals surface area contributed by atoms with Gasteiger partial charge in [-0.1, -0.05) is 0 Å². The SMILES string of the molecule is COC(=O)OC[C@H]1SC(CO)[C@@H](F)[C@@H]1OC(=O)OC. The Kier molecular flexibility index (Phi) is 6.16. The highest BCUT2D eigenvalue weighted by atomic mass is 32.2. The standard InChI is InChI=1S/C10H15FO7S/c1-15-9(13)17-4-6-8(18-10(14)16-2)7(11)5(3-12)19-6/h5-8,12H,3-4H2,1-2H3/t5?,6-,7-,8-/m1/s1. The number of aliphatic hydroxyl groups is 1. The summed E-state index contributed by atoms with van der Waals surface area (Å²) < 4.78 is 32.0. The van der Waals surface area contributed by atoms with Crippen LogP contribution in [-0.4, -0.2) is 67.6 Å². The number of carbonyl (C=O) groups excluding carboxylic acids is 2. The minimum absolute atomic E-state index is 0.198. The highest BCUT2D eigenvalue weighted by Crippen LogP contribution is 2.38. The van der Waals surface area contributed by atoms with Crippen molar-refractivity contribution in [3.8, 4) is 0 Å². The highest BCUT2D eigenvalue weighted by molar-refractivity contribution is 8.01. The van der Waals surface area contributed by atoms with Crippen molar-refractivity contribution in [1.82, 2.24) is 0 Å². The molecule has 1 heterocycles. The van der Waals surface area contributed by atoms with Gasteiger partial charge in [0.05, 0.1) is 31.3 Å². The minimum Gasteiger partial charge on any atom is -0.438 e. The first-order valence-electron chi connectivity index (χ1n) is 5.39. The van der Waals surface area contributed by atoms with Gasteiger partial charge in [-0.25, -0.2) is 14.0 Å². The number of carbonyl (C=O) groups is 2. The summed E-state index contributed by atoms with van der Waals surface area (Å²) in [5, 5.41) is 7.64. The summed E-state index contributed by atoms with van der Waals surface area (Å²) in [5.41, 5.74) is 0. The number of methoxy groups -OCH3 is 2. The van der Waals surface area contributed by atoms with Crippen molar-refractivity contribution in [1.29, 1.82) is 0 Å². The molecule has 1 aliphatic rings. The number of alkyl halides is 1. The number of hydrogen-bond donors (Lipinski definition) is 1. The van der Waals surface area contributed by atoms with Gasteiger partial charge in [-0.3, -0.25) is 0 Å². The van der Waals surface area contributed by atoms with Crippen molar-refractivity contribution in [2.75, 3.05) is 27.4 Å². The number of ether oxygens (including phenoxy) is 4. The molecule has 0 amide bonds. The molecule has 1 unspecified atom stereocenters. The fourth-order valence-corrected chi connectivity index (χ4v) is 2.93. The predicted octanol–water partition coefficient (Wildman–Crippen LogP) is 0.735. The Labute approximate surface area is 113 Å². The summed E-state index contributed by atoms with van der Waals surface area (Å²) in [7, 11) is 2.24. The first-order chi connectivity index (χ1) is 9.03. The molecule has 4 atom stereocenters. The van der Waals surface area contributed by atoms with E-state index in [1.807, 2.05) is 0 Å². The van der Waals surface area contributed by atoms with E-state index in [-0.39, 0.29) is 6.61 Å². The van der Waals surface area contributed by atoms with Gasteiger partial charge in [-0.2, -0.15) is 0 Å². The van der Waals surface area contributed by atoms with E-state index < -0.39 is 41.7 Å². The molecule has 1 saturated heterocycles. The summed E-state index contributed by atoms with van der Waals surface area (Å²) in [6.07, 6.45) is -4.67. The summed E-state index contributed by atoms with van der Waals surface area (Å²) in [5.74, 6) is 0. The molecule has 0 aromatic heterocycles. The Morgan fingerprint density at radius 1 is 1.21 bits per heavy atom. The number of halogens is 1. The lowest BCUT2D eigenvalue weighted by molar-refractivity contribution is -0.00559. The van der Waals surface area contributed by atoms with Gasteiger partial charge >= 0.3 is 12.3 Å². The molecule has 0 bridgehead atoms. The van der Waals surface area contributed by atoms with Crippen LogP contribution in [0.5, 0.6) is 0 Å². The van der Waals surface area contributed by atoms with Crippen molar-refractivity contribution in [3.05, 3.63) is 0 Å². The Morgan fingerprint density at radius 2 is 1.84 bits per heavy atom. The van der Waals surface area contributed by atoms with Crippen LogP contribution in [0.25, 0.3) is 0 Å². The molecule has 1 N–H and O–H groups in total. The Balaban J connectivity index is 2.63. The van der Waals surface area contributed by atoms with Gasteiger partial charge in [0.1, 0.15) is 6.61 Å². The smallest absolute Gasteiger partial charge is 0.438 e. The van der Waals surface area contributed by atoms with Crippen molar-refractivity contribution in [3.63, 3.8) is 0 Å². The summed E-state index contributed by atoms with van der Waals surface area (Å²) >= 11 is 1.04. The molecular formula is C10H15FO7S. The average molecular weight is 298 g/mol. The molecule has 9 heteroatoms. The molecule has 0 aromatic rings. The van der Waals surface area contributed by atoms with Crippen LogP contribution >= 0.6 is 11.8 Å². The van der Waals surface area contributed by atoms with Crippen molar-refractivity contribution < 1.29 is 38.0 Å². The lowest BCUT2D eigenvalue weighted by Gasteiger charge is -2.19. The van der Waals surface area contributed by atoms with E-state index in [4.69, 9.17) is 14.6 Å². The monoisotopic (exact) mass is 298 g/mol. The first kappa shape index (κ1) is 15.8. The molecule has 19 heavy (non-hydrogen) atoms. The van der Waals surface area contributed by atoms with Crippen LogP contribution < -0.4 is 0 Å². The molecule has 110 valence electrons. The summed E-state index contributed by atoms with van der Waals surface area (Å²) in [6.45, 7) is -0.614. The maximum Gasteiger partial charge on any atom is 0.508 e. The second-order valence-corrected chi connectivity index (χ2v) is 5.12. The predicted molar refractivity (Wildman–Crippen MR) is 62.8 cm³/mol. The summed E-state index contributed by atoms with van der Waals surface area (Å²) in [4.78, 5) is 21.9. The maximum atomic E-state index is 13.9. The average Bonchev–Trinajstić information content (AvgIpc) is 2.72. The fraction of sp³-hybridized carbons (Fsp3) is 0.800. The zero-order chi connectivity index (χ0) is 14.4. The Morgan fingerprint density at radius 3 is 2.37 bits per heavy atom. The van der Waals surface area contributed by atoms with Gasteiger partial charge in [-0.15, -0.1) is 11.8 Å². The number of aliphatic hydroxyl groups excluding tert-OH is 1. The second kappa shape index (κ2) is 7.39. The van der Waals surface area contributed by atoms with Gasteiger partial charge in [0.25, 0.3) is 0 Å². The normalized spacial score (nSPS) is 29.7. The zero-order valence-corrected chi connectivity index (χ0v) is 11.2. The topological polar surface area (TPSA) is 91.3 Å². The van der Waals surface area contributed by atoms with E-state index in [1.165, 1.54) is 0 Å². The Bertz CT molecular complexity index is 327. The molecule has 0 radical (unpaired) electrons. The summed E-state index contributed by atoms with van der Waals surface area (Å²) in [6, 6.07) is 0. The quantitative estimate of drug-likeness (QED) is 0.760. The van der Waals surface area contributed by atoms with Crippen LogP contribution in [-0.2, 0) is 18.9 Å². The van der Waals surface area contributed by atoms with Crippen molar-refractivity contribution >= 4 is 24.1 Å². The largest absolute Gasteiger partial charge is 0.508 e.